The van der Waals surface area contributed by atoms with Gasteiger partial charge in [0, 0.05) is 10.0 Å². The van der Waals surface area contributed by atoms with Crippen LogP contribution in [0.15, 0.2) is 52.5 Å². The molecule has 1 saturated heterocycles. The van der Waals surface area contributed by atoms with Crippen molar-refractivity contribution in [3.8, 4) is 5.75 Å². The SMILES string of the molecule is CCCOc1ccc(Br)cc1/C=C1\C(=O)NC(=O)N(c2ccc(C)cc2)C1=O. The molecule has 0 aromatic heterocycles. The van der Waals surface area contributed by atoms with Crippen molar-refractivity contribution in [2.45, 2.75) is 20.3 Å². The number of amides is 4. The van der Waals surface area contributed by atoms with Gasteiger partial charge < -0.3 is 4.74 Å². The lowest BCUT2D eigenvalue weighted by Gasteiger charge is -2.26. The molecule has 1 heterocycles. The first-order chi connectivity index (χ1) is 13.4. The topological polar surface area (TPSA) is 75.7 Å². The molecule has 2 aromatic carbocycles. The molecule has 1 fully saturated rings. The second-order valence-electron chi connectivity index (χ2n) is 6.32. The zero-order valence-corrected chi connectivity index (χ0v) is 17.1. The number of hydrogen-bond acceptors (Lipinski definition) is 4. The fourth-order valence-corrected chi connectivity index (χ4v) is 3.10. The molecule has 2 aromatic rings. The molecule has 1 N–H and O–H groups in total. The van der Waals surface area contributed by atoms with Crippen LogP contribution >= 0.6 is 15.9 Å². The van der Waals surface area contributed by atoms with Crippen molar-refractivity contribution in [3.05, 3.63) is 63.6 Å². The summed E-state index contributed by atoms with van der Waals surface area (Å²) in [5.41, 5.74) is 1.81. The van der Waals surface area contributed by atoms with Crippen molar-refractivity contribution >= 4 is 45.5 Å². The van der Waals surface area contributed by atoms with Crippen LogP contribution in [0, 0.1) is 6.92 Å². The van der Waals surface area contributed by atoms with Crippen LogP contribution in [-0.4, -0.2) is 24.5 Å². The molecule has 3 rings (SSSR count). The molecular formula is C21H19BrN2O4. The number of barbiturate groups is 1. The largest absolute Gasteiger partial charge is 0.493 e. The summed E-state index contributed by atoms with van der Waals surface area (Å²) in [6, 6.07) is 11.5. The summed E-state index contributed by atoms with van der Waals surface area (Å²) in [6.07, 6.45) is 2.27. The Balaban J connectivity index is 2.02. The van der Waals surface area contributed by atoms with Gasteiger partial charge in [0.15, 0.2) is 0 Å². The highest BCUT2D eigenvalue weighted by Gasteiger charge is 2.36. The van der Waals surface area contributed by atoms with E-state index in [-0.39, 0.29) is 5.57 Å². The van der Waals surface area contributed by atoms with Crippen molar-refractivity contribution in [2.75, 3.05) is 11.5 Å². The molecule has 7 heteroatoms. The Morgan fingerprint density at radius 2 is 1.82 bits per heavy atom. The molecule has 4 amide bonds. The van der Waals surface area contributed by atoms with Gasteiger partial charge in [0.25, 0.3) is 11.8 Å². The van der Waals surface area contributed by atoms with Gasteiger partial charge >= 0.3 is 6.03 Å². The maximum absolute atomic E-state index is 13.0. The summed E-state index contributed by atoms with van der Waals surface area (Å²) < 4.78 is 6.49. The first-order valence-corrected chi connectivity index (χ1v) is 9.60. The average Bonchev–Trinajstić information content (AvgIpc) is 2.66. The molecular weight excluding hydrogens is 424 g/mol. The molecule has 0 radical (unpaired) electrons. The zero-order valence-electron chi connectivity index (χ0n) is 15.5. The van der Waals surface area contributed by atoms with Crippen LogP contribution in [0.25, 0.3) is 6.08 Å². The highest BCUT2D eigenvalue weighted by atomic mass is 79.9. The molecule has 0 saturated carbocycles. The Bertz CT molecular complexity index is 967. The first-order valence-electron chi connectivity index (χ1n) is 8.81. The second kappa shape index (κ2) is 8.39. The number of imide groups is 2. The monoisotopic (exact) mass is 442 g/mol. The third-order valence-electron chi connectivity index (χ3n) is 4.13. The normalized spacial score (nSPS) is 15.8. The van der Waals surface area contributed by atoms with Crippen LogP contribution < -0.4 is 15.0 Å². The quantitative estimate of drug-likeness (QED) is 0.555. The summed E-state index contributed by atoms with van der Waals surface area (Å²) in [5, 5.41) is 2.23. The van der Waals surface area contributed by atoms with Crippen molar-refractivity contribution in [1.82, 2.24) is 5.32 Å². The molecule has 1 aliphatic rings. The molecule has 0 spiro atoms. The van der Waals surface area contributed by atoms with Gasteiger partial charge in [-0.3, -0.25) is 14.9 Å². The Kier molecular flexibility index (Phi) is 5.94. The summed E-state index contributed by atoms with van der Waals surface area (Å²) in [7, 11) is 0. The number of benzene rings is 2. The van der Waals surface area contributed by atoms with E-state index in [1.807, 2.05) is 19.9 Å². The number of aryl methyl sites for hydroxylation is 1. The smallest absolute Gasteiger partial charge is 0.335 e. The maximum atomic E-state index is 13.0. The number of rotatable bonds is 5. The number of nitrogens with one attached hydrogen (secondary N) is 1. The van der Waals surface area contributed by atoms with Gasteiger partial charge in [-0.15, -0.1) is 0 Å². The van der Waals surface area contributed by atoms with E-state index in [2.05, 4.69) is 21.2 Å². The molecule has 0 bridgehead atoms. The second-order valence-corrected chi connectivity index (χ2v) is 7.24. The van der Waals surface area contributed by atoms with Crippen molar-refractivity contribution in [3.63, 3.8) is 0 Å². The molecule has 0 atom stereocenters. The molecule has 6 nitrogen and oxygen atoms in total. The van der Waals surface area contributed by atoms with Crippen LogP contribution in [0.2, 0.25) is 0 Å². The summed E-state index contributed by atoms with van der Waals surface area (Å²) >= 11 is 3.39. The van der Waals surface area contributed by atoms with E-state index in [4.69, 9.17) is 4.74 Å². The molecule has 144 valence electrons. The highest BCUT2D eigenvalue weighted by molar-refractivity contribution is 9.10. The third kappa shape index (κ3) is 4.14. The van der Waals surface area contributed by atoms with Crippen LogP contribution in [0.4, 0.5) is 10.5 Å². The van der Waals surface area contributed by atoms with Crippen molar-refractivity contribution < 1.29 is 19.1 Å². The van der Waals surface area contributed by atoms with Gasteiger partial charge in [0.2, 0.25) is 0 Å². The van der Waals surface area contributed by atoms with Crippen molar-refractivity contribution in [2.24, 2.45) is 0 Å². The minimum absolute atomic E-state index is 0.139. The number of halogens is 1. The standard InChI is InChI=1S/C21H19BrN2O4/c1-3-10-28-18-9-6-15(22)11-14(18)12-17-19(25)23-21(27)24(20(17)26)16-7-4-13(2)5-8-16/h4-9,11-12H,3,10H2,1-2H3,(H,23,25,27)/b17-12+. The molecule has 28 heavy (non-hydrogen) atoms. The maximum Gasteiger partial charge on any atom is 0.335 e. The van der Waals surface area contributed by atoms with E-state index >= 15 is 0 Å². The molecule has 0 aliphatic carbocycles. The van der Waals surface area contributed by atoms with E-state index in [1.165, 1.54) is 6.08 Å². The van der Waals surface area contributed by atoms with Crippen LogP contribution in [0.3, 0.4) is 0 Å². The van der Waals surface area contributed by atoms with Crippen LogP contribution in [0.5, 0.6) is 5.75 Å². The summed E-state index contributed by atoms with van der Waals surface area (Å²) in [5.74, 6) is -0.865. The lowest BCUT2D eigenvalue weighted by Crippen LogP contribution is -2.54. The minimum Gasteiger partial charge on any atom is -0.493 e. The number of ether oxygens (including phenoxy) is 1. The van der Waals surface area contributed by atoms with Gasteiger partial charge in [-0.2, -0.15) is 0 Å². The predicted molar refractivity (Wildman–Crippen MR) is 110 cm³/mol. The number of nitrogens with zero attached hydrogens (tertiary/aromatic N) is 1. The number of carbonyl (C=O) groups is 3. The molecule has 0 unspecified atom stereocenters. The number of anilines is 1. The fraction of sp³-hybridized carbons (Fsp3) is 0.190. The Hall–Kier alpha value is -2.93. The highest BCUT2D eigenvalue weighted by Crippen LogP contribution is 2.28. The number of carbonyl (C=O) groups excluding carboxylic acids is 3. The van der Waals surface area contributed by atoms with E-state index in [1.54, 1.807) is 36.4 Å². The summed E-state index contributed by atoms with van der Waals surface area (Å²) in [4.78, 5) is 38.6. The van der Waals surface area contributed by atoms with Gasteiger partial charge in [0.1, 0.15) is 11.3 Å². The Labute approximate surface area is 171 Å². The first kappa shape index (κ1) is 19.8. The number of urea groups is 1. The Morgan fingerprint density at radius 1 is 1.11 bits per heavy atom. The molecule has 1 aliphatic heterocycles. The van der Waals surface area contributed by atoms with E-state index in [9.17, 15) is 14.4 Å². The Morgan fingerprint density at radius 3 is 2.50 bits per heavy atom. The van der Waals surface area contributed by atoms with E-state index < -0.39 is 17.8 Å². The lowest BCUT2D eigenvalue weighted by molar-refractivity contribution is -0.122. The van der Waals surface area contributed by atoms with Gasteiger partial charge in [-0.1, -0.05) is 40.5 Å². The minimum atomic E-state index is -0.771. The van der Waals surface area contributed by atoms with Gasteiger partial charge in [-0.05, 0) is 49.8 Å². The van der Waals surface area contributed by atoms with E-state index in [0.29, 0.717) is 23.6 Å². The third-order valence-corrected chi connectivity index (χ3v) is 4.62. The zero-order chi connectivity index (χ0) is 20.3. The fourth-order valence-electron chi connectivity index (χ4n) is 2.72. The predicted octanol–water partition coefficient (Wildman–Crippen LogP) is 4.21. The van der Waals surface area contributed by atoms with Crippen LogP contribution in [0.1, 0.15) is 24.5 Å². The van der Waals surface area contributed by atoms with Gasteiger partial charge in [0.05, 0.1) is 12.3 Å². The van der Waals surface area contributed by atoms with E-state index in [0.717, 1.165) is 21.4 Å². The van der Waals surface area contributed by atoms with Crippen LogP contribution in [-0.2, 0) is 9.59 Å². The summed E-state index contributed by atoms with van der Waals surface area (Å²) in [6.45, 7) is 4.40. The number of hydrogen-bond donors (Lipinski definition) is 1. The lowest BCUT2D eigenvalue weighted by atomic mass is 10.1. The average molecular weight is 443 g/mol. The van der Waals surface area contributed by atoms with Crippen molar-refractivity contribution in [1.29, 1.82) is 0 Å². The van der Waals surface area contributed by atoms with Gasteiger partial charge in [-0.25, -0.2) is 9.69 Å².